The topological polar surface area (TPSA) is 0 Å². The third-order valence-corrected chi connectivity index (χ3v) is 4.19. The van der Waals surface area contributed by atoms with Crippen LogP contribution in [-0.4, -0.2) is 0 Å². The molecular weight excluding hydrogens is 168 g/mol. The highest BCUT2D eigenvalue weighted by Crippen LogP contribution is 2.48. The minimum Gasteiger partial charge on any atom is -0.0885 e. The zero-order chi connectivity index (χ0) is 9.97. The van der Waals surface area contributed by atoms with Gasteiger partial charge in [0.2, 0.25) is 0 Å². The smallest absolute Gasteiger partial charge is 0.0348 e. The monoisotopic (exact) mass is 192 g/mol. The van der Waals surface area contributed by atoms with Crippen molar-refractivity contribution in [1.29, 1.82) is 0 Å². The molecule has 14 heavy (non-hydrogen) atoms. The molecule has 80 valence electrons. The molecule has 2 aliphatic rings. The van der Waals surface area contributed by atoms with E-state index >= 15 is 0 Å². The van der Waals surface area contributed by atoms with Crippen LogP contribution in [0.3, 0.4) is 0 Å². The molecule has 2 rings (SSSR count). The first-order valence-corrected chi connectivity index (χ1v) is 6.42. The molecule has 0 amide bonds. The quantitative estimate of drug-likeness (QED) is 0.540. The molecule has 0 aromatic carbocycles. The first kappa shape index (κ1) is 10.3. The van der Waals surface area contributed by atoms with Gasteiger partial charge in [-0.25, -0.2) is 0 Å². The first-order chi connectivity index (χ1) is 6.77. The number of hydrogen-bond acceptors (Lipinski definition) is 0. The van der Waals surface area contributed by atoms with E-state index in [4.69, 9.17) is 0 Å². The van der Waals surface area contributed by atoms with Crippen molar-refractivity contribution in [3.05, 3.63) is 12.2 Å². The summed E-state index contributed by atoms with van der Waals surface area (Å²) in [4.78, 5) is 0. The fourth-order valence-electron chi connectivity index (χ4n) is 2.92. The molecule has 0 aromatic rings. The molecule has 0 heterocycles. The molecule has 0 spiro atoms. The summed E-state index contributed by atoms with van der Waals surface area (Å²) in [5.74, 6) is 4.09. The lowest BCUT2D eigenvalue weighted by atomic mass is 9.85. The van der Waals surface area contributed by atoms with E-state index < -0.39 is 0 Å². The third-order valence-electron chi connectivity index (χ3n) is 4.19. The molecule has 0 bridgehead atoms. The number of allylic oxidation sites excluding steroid dienone is 2. The summed E-state index contributed by atoms with van der Waals surface area (Å²) in [7, 11) is 0. The second-order valence-electron chi connectivity index (χ2n) is 5.62. The molecule has 3 atom stereocenters. The maximum Gasteiger partial charge on any atom is -0.0348 e. The molecule has 0 aliphatic heterocycles. The second-order valence-corrected chi connectivity index (χ2v) is 5.62. The molecule has 0 nitrogen and oxygen atoms in total. The van der Waals surface area contributed by atoms with Gasteiger partial charge in [0, 0.05) is 0 Å². The van der Waals surface area contributed by atoms with Crippen molar-refractivity contribution in [2.24, 2.45) is 23.7 Å². The Kier molecular flexibility index (Phi) is 3.30. The highest BCUT2D eigenvalue weighted by Gasteiger charge is 2.37. The summed E-state index contributed by atoms with van der Waals surface area (Å²) in [6.07, 6.45) is 13.4. The number of hydrogen-bond donors (Lipinski definition) is 0. The zero-order valence-corrected chi connectivity index (χ0v) is 9.71. The van der Waals surface area contributed by atoms with Gasteiger partial charge in [0.05, 0.1) is 0 Å². The van der Waals surface area contributed by atoms with Crippen molar-refractivity contribution >= 4 is 0 Å². The predicted molar refractivity (Wildman–Crippen MR) is 62.2 cm³/mol. The normalized spacial score (nSPS) is 40.4. The van der Waals surface area contributed by atoms with Gasteiger partial charge in [-0.15, -0.1) is 0 Å². The van der Waals surface area contributed by atoms with Crippen LogP contribution in [0.25, 0.3) is 0 Å². The summed E-state index contributed by atoms with van der Waals surface area (Å²) < 4.78 is 0. The van der Waals surface area contributed by atoms with E-state index in [1.165, 1.54) is 38.5 Å². The Bertz CT molecular complexity index is 202. The Balaban J connectivity index is 1.91. The first-order valence-electron chi connectivity index (χ1n) is 6.42. The lowest BCUT2D eigenvalue weighted by molar-refractivity contribution is 0.314. The molecule has 1 saturated carbocycles. The van der Waals surface area contributed by atoms with Gasteiger partial charge in [-0.3, -0.25) is 0 Å². The van der Waals surface area contributed by atoms with Crippen LogP contribution in [0.4, 0.5) is 0 Å². The summed E-state index contributed by atoms with van der Waals surface area (Å²) in [6, 6.07) is 0. The van der Waals surface area contributed by atoms with Crippen molar-refractivity contribution in [2.75, 3.05) is 0 Å². The molecule has 0 N–H and O–H groups in total. The lowest BCUT2D eigenvalue weighted by Gasteiger charge is -2.20. The van der Waals surface area contributed by atoms with Crippen molar-refractivity contribution in [2.45, 2.75) is 52.4 Å². The van der Waals surface area contributed by atoms with Crippen LogP contribution in [0.2, 0.25) is 0 Å². The Labute approximate surface area is 88.8 Å². The largest absolute Gasteiger partial charge is 0.0885 e. The van der Waals surface area contributed by atoms with Crippen LogP contribution >= 0.6 is 0 Å². The van der Waals surface area contributed by atoms with E-state index in [9.17, 15) is 0 Å². The lowest BCUT2D eigenvalue weighted by Crippen LogP contribution is -2.10. The minimum atomic E-state index is 0.893. The number of fused-ring (bicyclic) bond motifs is 1. The van der Waals surface area contributed by atoms with E-state index in [1.54, 1.807) is 0 Å². The molecule has 3 unspecified atom stereocenters. The standard InChI is InChI=1S/C14H24/c1-11(2)12-7-5-3-4-6-8-13-10-14(13)9-12/h3-4,11-14H,5-10H2,1-2H3/b4-3+. The van der Waals surface area contributed by atoms with Gasteiger partial charge in [-0.05, 0) is 62.2 Å². The highest BCUT2D eigenvalue weighted by atomic mass is 14.4. The van der Waals surface area contributed by atoms with Gasteiger partial charge in [0.15, 0.2) is 0 Å². The third kappa shape index (κ3) is 2.62. The average Bonchev–Trinajstić information content (AvgIpc) is 2.89. The van der Waals surface area contributed by atoms with Crippen molar-refractivity contribution in [3.8, 4) is 0 Å². The summed E-state index contributed by atoms with van der Waals surface area (Å²) >= 11 is 0. The van der Waals surface area contributed by atoms with Crippen LogP contribution in [0.5, 0.6) is 0 Å². The maximum atomic E-state index is 2.41. The Morgan fingerprint density at radius 2 is 1.64 bits per heavy atom. The molecule has 0 saturated heterocycles. The van der Waals surface area contributed by atoms with E-state index in [2.05, 4.69) is 26.0 Å². The van der Waals surface area contributed by atoms with Crippen molar-refractivity contribution in [3.63, 3.8) is 0 Å². The Hall–Kier alpha value is -0.260. The summed E-state index contributed by atoms with van der Waals surface area (Å²) in [5.41, 5.74) is 0. The van der Waals surface area contributed by atoms with Crippen molar-refractivity contribution < 1.29 is 0 Å². The molecule has 1 fully saturated rings. The van der Waals surface area contributed by atoms with Gasteiger partial charge in [0.25, 0.3) is 0 Å². The van der Waals surface area contributed by atoms with Crippen LogP contribution in [0, 0.1) is 23.7 Å². The zero-order valence-electron chi connectivity index (χ0n) is 9.71. The van der Waals surface area contributed by atoms with Gasteiger partial charge in [-0.1, -0.05) is 26.0 Å². The summed E-state index contributed by atoms with van der Waals surface area (Å²) in [6.45, 7) is 4.80. The molecule has 0 aromatic heterocycles. The molecule has 0 heteroatoms. The fraction of sp³-hybridized carbons (Fsp3) is 0.857. The molecule has 2 aliphatic carbocycles. The minimum absolute atomic E-state index is 0.893. The Morgan fingerprint density at radius 1 is 0.929 bits per heavy atom. The highest BCUT2D eigenvalue weighted by molar-refractivity contribution is 4.93. The SMILES string of the molecule is CC(C)C1CC/C=C/CCC2CC2C1. The number of rotatable bonds is 1. The summed E-state index contributed by atoms with van der Waals surface area (Å²) in [5, 5.41) is 0. The second kappa shape index (κ2) is 4.51. The van der Waals surface area contributed by atoms with Crippen LogP contribution in [0.1, 0.15) is 52.4 Å². The van der Waals surface area contributed by atoms with Crippen LogP contribution < -0.4 is 0 Å². The van der Waals surface area contributed by atoms with E-state index in [1.807, 2.05) is 0 Å². The molecule has 0 radical (unpaired) electrons. The average molecular weight is 192 g/mol. The van der Waals surface area contributed by atoms with Crippen LogP contribution in [-0.2, 0) is 0 Å². The van der Waals surface area contributed by atoms with E-state index in [-0.39, 0.29) is 0 Å². The fourth-order valence-corrected chi connectivity index (χ4v) is 2.92. The van der Waals surface area contributed by atoms with Gasteiger partial charge in [-0.2, -0.15) is 0 Å². The van der Waals surface area contributed by atoms with E-state index in [0.29, 0.717) is 0 Å². The van der Waals surface area contributed by atoms with Gasteiger partial charge >= 0.3 is 0 Å². The van der Waals surface area contributed by atoms with Gasteiger partial charge < -0.3 is 0 Å². The van der Waals surface area contributed by atoms with Crippen LogP contribution in [0.15, 0.2) is 12.2 Å². The molecular formula is C14H24. The Morgan fingerprint density at radius 3 is 2.36 bits per heavy atom. The van der Waals surface area contributed by atoms with Crippen molar-refractivity contribution in [1.82, 2.24) is 0 Å². The maximum absolute atomic E-state index is 2.41. The van der Waals surface area contributed by atoms with E-state index in [0.717, 1.165) is 23.7 Å². The van der Waals surface area contributed by atoms with Gasteiger partial charge in [0.1, 0.15) is 0 Å². The predicted octanol–water partition coefficient (Wildman–Crippen LogP) is 4.42.